The molecule has 0 saturated heterocycles. The number of hydrazone groups is 1. The number of ketones is 1. The smallest absolute Gasteiger partial charge is 0.338 e. The minimum absolute atomic E-state index is 0.144. The summed E-state index contributed by atoms with van der Waals surface area (Å²) >= 11 is 0. The number of carbonyl (C=O) groups excluding carboxylic acids is 2. The molecule has 0 heterocycles. The lowest BCUT2D eigenvalue weighted by atomic mass is 9.78. The van der Waals surface area contributed by atoms with Gasteiger partial charge in [0.15, 0.2) is 5.78 Å². The Labute approximate surface area is 145 Å². The summed E-state index contributed by atoms with van der Waals surface area (Å²) < 4.78 is 4.97. The Bertz CT molecular complexity index is 863. The Morgan fingerprint density at radius 1 is 1.16 bits per heavy atom. The summed E-state index contributed by atoms with van der Waals surface area (Å²) in [5.41, 5.74) is 4.39. The number of nitrogens with zero attached hydrogens (tertiary/aromatic N) is 1. The van der Waals surface area contributed by atoms with Gasteiger partial charge >= 0.3 is 5.97 Å². The second-order valence-electron chi connectivity index (χ2n) is 6.44. The van der Waals surface area contributed by atoms with Crippen LogP contribution < -0.4 is 5.43 Å². The number of hydrogen-bond donors (Lipinski definition) is 1. The number of allylic oxidation sites excluding steroid dienone is 6. The van der Waals surface area contributed by atoms with Crippen molar-refractivity contribution in [1.82, 2.24) is 0 Å². The molecule has 1 N–H and O–H groups in total. The van der Waals surface area contributed by atoms with Crippen molar-refractivity contribution >= 4 is 23.2 Å². The summed E-state index contributed by atoms with van der Waals surface area (Å²) in [7, 11) is 0. The summed E-state index contributed by atoms with van der Waals surface area (Å²) in [5, 5.41) is 4.52. The van der Waals surface area contributed by atoms with Gasteiger partial charge in [-0.2, -0.15) is 5.10 Å². The van der Waals surface area contributed by atoms with Crippen LogP contribution in [-0.4, -0.2) is 24.1 Å². The van der Waals surface area contributed by atoms with E-state index in [1.165, 1.54) is 0 Å². The number of anilines is 1. The normalized spacial score (nSPS) is 30.0. The van der Waals surface area contributed by atoms with Gasteiger partial charge in [-0.25, -0.2) is 4.79 Å². The minimum atomic E-state index is -0.440. The molecule has 1 saturated carbocycles. The first-order valence-corrected chi connectivity index (χ1v) is 8.32. The van der Waals surface area contributed by atoms with Crippen LogP contribution in [0.1, 0.15) is 23.7 Å². The van der Waals surface area contributed by atoms with Gasteiger partial charge in [0.05, 0.1) is 34.4 Å². The number of rotatable bonds is 4. The molecular weight excluding hydrogens is 316 g/mol. The van der Waals surface area contributed by atoms with Crippen molar-refractivity contribution < 1.29 is 14.3 Å². The van der Waals surface area contributed by atoms with E-state index in [1.54, 1.807) is 43.3 Å². The predicted octanol–water partition coefficient (Wildman–Crippen LogP) is 3.27. The maximum Gasteiger partial charge on any atom is 0.338 e. The summed E-state index contributed by atoms with van der Waals surface area (Å²) in [4.78, 5) is 23.9. The monoisotopic (exact) mass is 334 g/mol. The van der Waals surface area contributed by atoms with Gasteiger partial charge in [0.1, 0.15) is 0 Å². The zero-order chi connectivity index (χ0) is 17.5. The van der Waals surface area contributed by atoms with Crippen LogP contribution in [0.3, 0.4) is 0 Å². The number of benzene rings is 1. The summed E-state index contributed by atoms with van der Waals surface area (Å²) in [6.07, 6.45) is 12.1. The fourth-order valence-electron chi connectivity index (χ4n) is 3.65. The second kappa shape index (κ2) is 5.55. The number of carbonyl (C=O) groups is 2. The van der Waals surface area contributed by atoms with Gasteiger partial charge in [-0.3, -0.25) is 10.2 Å². The van der Waals surface area contributed by atoms with Gasteiger partial charge in [-0.1, -0.05) is 24.3 Å². The number of ether oxygens (including phenoxy) is 1. The zero-order valence-corrected chi connectivity index (χ0v) is 13.9. The maximum absolute atomic E-state index is 12.3. The van der Waals surface area contributed by atoms with E-state index in [4.69, 9.17) is 4.74 Å². The van der Waals surface area contributed by atoms with Gasteiger partial charge in [0.2, 0.25) is 0 Å². The van der Waals surface area contributed by atoms with Gasteiger partial charge in [-0.05, 0) is 49.8 Å². The molecule has 0 aliphatic heterocycles. The van der Waals surface area contributed by atoms with Crippen molar-refractivity contribution in [3.05, 3.63) is 66.3 Å². The molecule has 1 fully saturated rings. The Morgan fingerprint density at radius 2 is 1.88 bits per heavy atom. The molecule has 5 nitrogen and oxygen atoms in total. The summed E-state index contributed by atoms with van der Waals surface area (Å²) in [6.45, 7) is 2.13. The lowest BCUT2D eigenvalue weighted by Crippen LogP contribution is -2.31. The van der Waals surface area contributed by atoms with E-state index in [0.717, 1.165) is 17.8 Å². The van der Waals surface area contributed by atoms with Gasteiger partial charge in [0.25, 0.3) is 0 Å². The van der Waals surface area contributed by atoms with Gasteiger partial charge in [0, 0.05) is 0 Å². The first-order valence-electron chi connectivity index (χ1n) is 8.32. The molecule has 0 radical (unpaired) electrons. The third kappa shape index (κ3) is 2.27. The van der Waals surface area contributed by atoms with E-state index in [9.17, 15) is 9.59 Å². The van der Waals surface area contributed by atoms with Crippen LogP contribution in [-0.2, 0) is 9.53 Å². The maximum atomic E-state index is 12.3. The molecule has 25 heavy (non-hydrogen) atoms. The molecule has 0 bridgehead atoms. The van der Waals surface area contributed by atoms with E-state index < -0.39 is 5.41 Å². The SMILES string of the molecule is CCOC(=O)c1ccc(N/N=C2\C=CC(=O)C34C=CC=CC23C4)cc1. The third-order valence-corrected chi connectivity index (χ3v) is 5.09. The van der Waals surface area contributed by atoms with Crippen LogP contribution in [0.25, 0.3) is 0 Å². The molecule has 4 rings (SSSR count). The third-order valence-electron chi connectivity index (χ3n) is 5.09. The van der Waals surface area contributed by atoms with Crippen molar-refractivity contribution in [1.29, 1.82) is 0 Å². The van der Waals surface area contributed by atoms with Crippen LogP contribution in [0.5, 0.6) is 0 Å². The molecule has 2 unspecified atom stereocenters. The minimum Gasteiger partial charge on any atom is -0.462 e. The highest BCUT2D eigenvalue weighted by atomic mass is 16.5. The fourth-order valence-corrected chi connectivity index (χ4v) is 3.65. The average Bonchev–Trinajstić information content (AvgIpc) is 3.34. The standard InChI is InChI=1S/C20H18N2O3/c1-2-25-18(24)14-5-7-15(8-6-14)21-22-16-9-10-17(23)20-12-4-3-11-19(16,20)13-20/h3-12,21H,2,13H2,1H3/b22-16+. The van der Waals surface area contributed by atoms with E-state index in [1.807, 2.05) is 18.2 Å². The summed E-state index contributed by atoms with van der Waals surface area (Å²) in [6, 6.07) is 6.96. The molecule has 0 spiro atoms. The molecule has 126 valence electrons. The first-order chi connectivity index (χ1) is 12.1. The number of hydrogen-bond acceptors (Lipinski definition) is 5. The van der Waals surface area contributed by atoms with Crippen LogP contribution in [0, 0.1) is 10.8 Å². The molecule has 0 aromatic heterocycles. The predicted molar refractivity (Wildman–Crippen MR) is 95.4 cm³/mol. The quantitative estimate of drug-likeness (QED) is 0.678. The molecule has 3 aliphatic rings. The van der Waals surface area contributed by atoms with Crippen LogP contribution in [0.2, 0.25) is 0 Å². The van der Waals surface area contributed by atoms with E-state index in [-0.39, 0.29) is 17.2 Å². The lowest BCUT2D eigenvalue weighted by molar-refractivity contribution is -0.118. The Morgan fingerprint density at radius 3 is 2.60 bits per heavy atom. The Kier molecular flexibility index (Phi) is 3.46. The van der Waals surface area contributed by atoms with Crippen molar-refractivity contribution in [3.63, 3.8) is 0 Å². The van der Waals surface area contributed by atoms with Crippen LogP contribution >= 0.6 is 0 Å². The molecule has 5 heteroatoms. The fraction of sp³-hybridized carbons (Fsp3) is 0.250. The van der Waals surface area contributed by atoms with Crippen molar-refractivity contribution in [2.75, 3.05) is 12.0 Å². The van der Waals surface area contributed by atoms with Crippen molar-refractivity contribution in [3.8, 4) is 0 Å². The van der Waals surface area contributed by atoms with Crippen LogP contribution in [0.4, 0.5) is 5.69 Å². The number of esters is 1. The van der Waals surface area contributed by atoms with Gasteiger partial charge in [-0.15, -0.1) is 0 Å². The molecule has 3 aliphatic carbocycles. The Hall–Kier alpha value is -2.95. The van der Waals surface area contributed by atoms with Crippen molar-refractivity contribution in [2.24, 2.45) is 15.9 Å². The highest BCUT2D eigenvalue weighted by Crippen LogP contribution is 2.70. The Balaban J connectivity index is 1.54. The average molecular weight is 334 g/mol. The summed E-state index contributed by atoms with van der Waals surface area (Å²) in [5.74, 6) is -0.194. The van der Waals surface area contributed by atoms with Gasteiger partial charge < -0.3 is 4.74 Å². The molecule has 1 aromatic carbocycles. The van der Waals surface area contributed by atoms with E-state index in [0.29, 0.717) is 12.2 Å². The van der Waals surface area contributed by atoms with E-state index >= 15 is 0 Å². The zero-order valence-electron chi connectivity index (χ0n) is 13.9. The topological polar surface area (TPSA) is 67.8 Å². The lowest BCUT2D eigenvalue weighted by Gasteiger charge is -2.24. The number of nitrogens with one attached hydrogen (secondary N) is 1. The largest absolute Gasteiger partial charge is 0.462 e. The molecule has 1 aromatic rings. The first kappa shape index (κ1) is 15.6. The highest BCUT2D eigenvalue weighted by Gasteiger charge is 2.72. The molecule has 2 atom stereocenters. The highest BCUT2D eigenvalue weighted by molar-refractivity contribution is 6.20. The van der Waals surface area contributed by atoms with Crippen molar-refractivity contribution in [2.45, 2.75) is 13.3 Å². The molecule has 0 amide bonds. The molecular formula is C20H18N2O3. The van der Waals surface area contributed by atoms with Crippen LogP contribution in [0.15, 0.2) is 65.8 Å². The second-order valence-corrected chi connectivity index (χ2v) is 6.44. The van der Waals surface area contributed by atoms with E-state index in [2.05, 4.69) is 16.6 Å².